The number of nitrogens with zero attached hydrogens (tertiary/aromatic N) is 2. The lowest BCUT2D eigenvalue weighted by molar-refractivity contribution is 1.18. The molecule has 0 amide bonds. The zero-order chi connectivity index (χ0) is 37.7. The highest BCUT2D eigenvalue weighted by molar-refractivity contribution is 7.25. The Labute approximate surface area is 335 Å². The standard InChI is InChI=1S/C54H36N2S/c1-4-12-37(13-5-1)40-20-25-43(26-21-40)55(44-27-22-41(23-28-44)38-14-6-2-7-15-38)46-29-31-47-49-34-42(39-16-8-3-9-17-39)24-32-51(49)56(52(47)36-46)45-30-33-54-50(35-45)48-18-10-11-19-53(48)57-54/h1-36H. The molecule has 0 saturated heterocycles. The van der Waals surface area contributed by atoms with Crippen LogP contribution in [0.25, 0.3) is 81.0 Å². The Bertz CT molecular complexity index is 3120. The second-order valence-electron chi connectivity index (χ2n) is 14.6. The van der Waals surface area contributed by atoms with Crippen LogP contribution < -0.4 is 4.90 Å². The van der Waals surface area contributed by atoms with Crippen molar-refractivity contribution in [1.29, 1.82) is 0 Å². The fourth-order valence-corrected chi connectivity index (χ4v) is 9.49. The van der Waals surface area contributed by atoms with Gasteiger partial charge < -0.3 is 9.47 Å². The van der Waals surface area contributed by atoms with Crippen molar-refractivity contribution in [1.82, 2.24) is 4.57 Å². The summed E-state index contributed by atoms with van der Waals surface area (Å²) in [5.41, 5.74) is 14.0. The van der Waals surface area contributed by atoms with E-state index in [9.17, 15) is 0 Å². The van der Waals surface area contributed by atoms with E-state index < -0.39 is 0 Å². The molecule has 0 aliphatic rings. The number of thiophene rings is 1. The van der Waals surface area contributed by atoms with Crippen molar-refractivity contribution in [3.8, 4) is 39.1 Å². The van der Waals surface area contributed by atoms with Crippen molar-refractivity contribution in [2.24, 2.45) is 0 Å². The quantitative estimate of drug-likeness (QED) is 0.158. The van der Waals surface area contributed by atoms with Crippen LogP contribution in [0.5, 0.6) is 0 Å². The molecule has 3 heteroatoms. The van der Waals surface area contributed by atoms with E-state index in [4.69, 9.17) is 0 Å². The van der Waals surface area contributed by atoms with Gasteiger partial charge in [0.15, 0.2) is 0 Å². The second-order valence-corrected chi connectivity index (χ2v) is 15.7. The van der Waals surface area contributed by atoms with Gasteiger partial charge in [0.25, 0.3) is 0 Å². The molecular weight excluding hydrogens is 709 g/mol. The second kappa shape index (κ2) is 13.8. The molecule has 57 heavy (non-hydrogen) atoms. The van der Waals surface area contributed by atoms with Crippen molar-refractivity contribution >= 4 is 70.4 Å². The third-order valence-electron chi connectivity index (χ3n) is 11.2. The molecule has 0 atom stereocenters. The normalized spacial score (nSPS) is 11.5. The zero-order valence-corrected chi connectivity index (χ0v) is 31.9. The Kier molecular flexibility index (Phi) is 8.04. The molecule has 0 spiro atoms. The van der Waals surface area contributed by atoms with Crippen molar-refractivity contribution < 1.29 is 0 Å². The Hall–Kier alpha value is -7.20. The number of anilines is 3. The van der Waals surface area contributed by atoms with Crippen LogP contribution in [0.4, 0.5) is 17.1 Å². The maximum atomic E-state index is 2.46. The van der Waals surface area contributed by atoms with Crippen LogP contribution in [0.1, 0.15) is 0 Å². The average molecular weight is 745 g/mol. The summed E-state index contributed by atoms with van der Waals surface area (Å²) in [5, 5.41) is 5.05. The van der Waals surface area contributed by atoms with Crippen LogP contribution in [0.3, 0.4) is 0 Å². The van der Waals surface area contributed by atoms with Gasteiger partial charge in [0.1, 0.15) is 0 Å². The largest absolute Gasteiger partial charge is 0.310 e. The molecule has 0 aliphatic heterocycles. The molecule has 268 valence electrons. The number of fused-ring (bicyclic) bond motifs is 6. The molecule has 0 fully saturated rings. The highest BCUT2D eigenvalue weighted by Crippen LogP contribution is 2.43. The first-order valence-corrected chi connectivity index (χ1v) is 20.2. The SMILES string of the molecule is c1ccc(-c2ccc(N(c3ccc(-c4ccccc4)cc3)c3ccc4c5cc(-c6ccccc6)ccc5n(-c5ccc6sc7ccccc7c6c5)c4c3)cc2)cc1. The lowest BCUT2D eigenvalue weighted by Gasteiger charge is -2.26. The van der Waals surface area contributed by atoms with E-state index in [1.165, 1.54) is 75.4 Å². The molecule has 0 aliphatic carbocycles. The van der Waals surface area contributed by atoms with E-state index >= 15 is 0 Å². The monoisotopic (exact) mass is 744 g/mol. The van der Waals surface area contributed by atoms with E-state index in [0.29, 0.717) is 0 Å². The molecule has 0 N–H and O–H groups in total. The summed E-state index contributed by atoms with van der Waals surface area (Å²) in [5.74, 6) is 0. The maximum Gasteiger partial charge on any atom is 0.0561 e. The molecule has 2 nitrogen and oxygen atoms in total. The maximum absolute atomic E-state index is 2.46. The van der Waals surface area contributed by atoms with Gasteiger partial charge in [0, 0.05) is 53.7 Å². The lowest BCUT2D eigenvalue weighted by Crippen LogP contribution is -2.10. The van der Waals surface area contributed by atoms with Crippen LogP contribution >= 0.6 is 11.3 Å². The molecule has 0 unspecified atom stereocenters. The molecule has 0 radical (unpaired) electrons. The minimum Gasteiger partial charge on any atom is -0.310 e. The lowest BCUT2D eigenvalue weighted by atomic mass is 10.0. The van der Waals surface area contributed by atoms with E-state index in [-0.39, 0.29) is 0 Å². The van der Waals surface area contributed by atoms with Gasteiger partial charge >= 0.3 is 0 Å². The average Bonchev–Trinajstić information content (AvgIpc) is 3.82. The number of rotatable bonds is 7. The highest BCUT2D eigenvalue weighted by Gasteiger charge is 2.19. The Morgan fingerprint density at radius 2 is 0.807 bits per heavy atom. The minimum absolute atomic E-state index is 1.09. The van der Waals surface area contributed by atoms with E-state index in [2.05, 4.69) is 228 Å². The Balaban J connectivity index is 1.12. The number of hydrogen-bond donors (Lipinski definition) is 0. The molecular formula is C54H36N2S. The first kappa shape index (κ1) is 33.2. The van der Waals surface area contributed by atoms with Crippen LogP contribution in [0, 0.1) is 0 Å². The van der Waals surface area contributed by atoms with Crippen molar-refractivity contribution in [3.63, 3.8) is 0 Å². The number of hydrogen-bond acceptors (Lipinski definition) is 2. The fraction of sp³-hybridized carbons (Fsp3) is 0. The van der Waals surface area contributed by atoms with E-state index in [1.807, 2.05) is 11.3 Å². The van der Waals surface area contributed by atoms with Gasteiger partial charge in [-0.3, -0.25) is 0 Å². The molecule has 0 bridgehead atoms. The smallest absolute Gasteiger partial charge is 0.0561 e. The summed E-state index contributed by atoms with van der Waals surface area (Å²) < 4.78 is 5.08. The summed E-state index contributed by atoms with van der Waals surface area (Å²) in [6.07, 6.45) is 0. The van der Waals surface area contributed by atoms with Crippen molar-refractivity contribution in [2.45, 2.75) is 0 Å². The van der Waals surface area contributed by atoms with Gasteiger partial charge in [-0.25, -0.2) is 0 Å². The van der Waals surface area contributed by atoms with Gasteiger partial charge in [-0.15, -0.1) is 11.3 Å². The minimum atomic E-state index is 1.09. The van der Waals surface area contributed by atoms with Crippen LogP contribution in [-0.4, -0.2) is 4.57 Å². The predicted octanol–water partition coefficient (Wildman–Crippen LogP) is 15.6. The first-order valence-electron chi connectivity index (χ1n) is 19.4. The molecule has 2 heterocycles. The molecule has 9 aromatic carbocycles. The Morgan fingerprint density at radius 3 is 1.44 bits per heavy atom. The predicted molar refractivity (Wildman–Crippen MR) is 245 cm³/mol. The van der Waals surface area contributed by atoms with Crippen LogP contribution in [0.15, 0.2) is 218 Å². The molecule has 0 saturated carbocycles. The van der Waals surface area contributed by atoms with Gasteiger partial charge in [0.2, 0.25) is 0 Å². The first-order chi connectivity index (χ1) is 28.2. The number of benzene rings is 9. The van der Waals surface area contributed by atoms with Crippen LogP contribution in [-0.2, 0) is 0 Å². The van der Waals surface area contributed by atoms with Gasteiger partial charge in [0.05, 0.1) is 11.0 Å². The summed E-state index contributed by atoms with van der Waals surface area (Å²) in [4.78, 5) is 2.38. The molecule has 11 aromatic rings. The third kappa shape index (κ3) is 5.88. The third-order valence-corrected chi connectivity index (χ3v) is 12.4. The fourth-order valence-electron chi connectivity index (χ4n) is 8.40. The van der Waals surface area contributed by atoms with Crippen LogP contribution in [0.2, 0.25) is 0 Å². The van der Waals surface area contributed by atoms with E-state index in [1.54, 1.807) is 0 Å². The number of aromatic nitrogens is 1. The van der Waals surface area contributed by atoms with Gasteiger partial charge in [-0.1, -0.05) is 146 Å². The Morgan fingerprint density at radius 1 is 0.298 bits per heavy atom. The molecule has 2 aromatic heterocycles. The van der Waals surface area contributed by atoms with Crippen molar-refractivity contribution in [2.75, 3.05) is 4.90 Å². The zero-order valence-electron chi connectivity index (χ0n) is 31.1. The topological polar surface area (TPSA) is 8.17 Å². The summed E-state index contributed by atoms with van der Waals surface area (Å²) in [6.45, 7) is 0. The summed E-state index contributed by atoms with van der Waals surface area (Å²) >= 11 is 1.86. The van der Waals surface area contributed by atoms with E-state index in [0.717, 1.165) is 22.7 Å². The van der Waals surface area contributed by atoms with Crippen molar-refractivity contribution in [3.05, 3.63) is 218 Å². The van der Waals surface area contributed by atoms with Gasteiger partial charge in [-0.05, 0) is 106 Å². The summed E-state index contributed by atoms with van der Waals surface area (Å²) in [7, 11) is 0. The summed E-state index contributed by atoms with van der Waals surface area (Å²) in [6, 6.07) is 79.4. The molecule has 11 rings (SSSR count). The van der Waals surface area contributed by atoms with Gasteiger partial charge in [-0.2, -0.15) is 0 Å². The highest BCUT2D eigenvalue weighted by atomic mass is 32.1.